The van der Waals surface area contributed by atoms with Crippen LogP contribution < -0.4 is 21.7 Å². The number of aromatic amines is 1. The number of hydrogen-bond donors (Lipinski definition) is 6. The summed E-state index contributed by atoms with van der Waals surface area (Å²) in [6, 6.07) is 5.97. The third-order valence-corrected chi connectivity index (χ3v) is 5.01. The van der Waals surface area contributed by atoms with E-state index in [0.29, 0.717) is 12.1 Å². The lowest BCUT2D eigenvalue weighted by Gasteiger charge is -2.22. The van der Waals surface area contributed by atoms with E-state index >= 15 is 0 Å². The first-order valence-corrected chi connectivity index (χ1v) is 11.0. The normalized spacial score (nSPS) is 13.5. The molecule has 0 fully saturated rings. The van der Waals surface area contributed by atoms with E-state index in [2.05, 4.69) is 25.9 Å². The molecule has 34 heavy (non-hydrogen) atoms. The van der Waals surface area contributed by atoms with Crippen molar-refractivity contribution >= 4 is 23.7 Å². The summed E-state index contributed by atoms with van der Waals surface area (Å²) in [6.45, 7) is 3.36. The Labute approximate surface area is 197 Å². The first kappa shape index (κ1) is 26.5. The standard InChI is InChI=1S/C23H32N6O5/c1-14(2)8-18(29-21(31)17(24)10-16-11-25-13-27-16)22(32)26-12-20(30)28-19(23(33)34)9-15-6-4-3-5-7-15/h3-7,11,13-14,17-19H,8-10,12,24H2,1-2H3,(H,25,27)(H,26,32)(H,28,30)(H,29,31)(H,33,34). The molecular formula is C23H32N6O5. The zero-order valence-corrected chi connectivity index (χ0v) is 19.3. The number of carboxylic acids is 1. The molecule has 184 valence electrons. The van der Waals surface area contributed by atoms with Crippen LogP contribution in [-0.2, 0) is 32.0 Å². The molecule has 0 saturated heterocycles. The molecule has 2 aromatic rings. The van der Waals surface area contributed by atoms with Gasteiger partial charge in [-0.2, -0.15) is 0 Å². The van der Waals surface area contributed by atoms with Gasteiger partial charge >= 0.3 is 5.97 Å². The van der Waals surface area contributed by atoms with Crippen molar-refractivity contribution in [3.05, 3.63) is 54.1 Å². The molecule has 3 unspecified atom stereocenters. The lowest BCUT2D eigenvalue weighted by Crippen LogP contribution is -2.54. The van der Waals surface area contributed by atoms with E-state index in [9.17, 15) is 24.3 Å². The molecule has 11 nitrogen and oxygen atoms in total. The Hall–Kier alpha value is -3.73. The van der Waals surface area contributed by atoms with Crippen LogP contribution in [0.15, 0.2) is 42.9 Å². The fourth-order valence-corrected chi connectivity index (χ4v) is 3.29. The molecule has 0 aliphatic rings. The van der Waals surface area contributed by atoms with Crippen molar-refractivity contribution in [1.82, 2.24) is 25.9 Å². The van der Waals surface area contributed by atoms with Crippen LogP contribution in [0.2, 0.25) is 0 Å². The first-order chi connectivity index (χ1) is 16.2. The Morgan fingerprint density at radius 2 is 1.74 bits per heavy atom. The van der Waals surface area contributed by atoms with Crippen molar-refractivity contribution in [2.24, 2.45) is 11.7 Å². The van der Waals surface area contributed by atoms with Crippen molar-refractivity contribution in [2.75, 3.05) is 6.54 Å². The van der Waals surface area contributed by atoms with E-state index in [1.807, 2.05) is 19.9 Å². The van der Waals surface area contributed by atoms with Crippen LogP contribution in [-0.4, -0.2) is 63.4 Å². The van der Waals surface area contributed by atoms with E-state index in [4.69, 9.17) is 5.73 Å². The largest absolute Gasteiger partial charge is 0.480 e. The van der Waals surface area contributed by atoms with Crippen molar-refractivity contribution in [3.8, 4) is 0 Å². The van der Waals surface area contributed by atoms with Gasteiger partial charge in [-0.05, 0) is 17.9 Å². The van der Waals surface area contributed by atoms with Crippen LogP contribution in [0.1, 0.15) is 31.5 Å². The van der Waals surface area contributed by atoms with Gasteiger partial charge in [0.2, 0.25) is 17.7 Å². The van der Waals surface area contributed by atoms with Crippen LogP contribution in [0.25, 0.3) is 0 Å². The minimum Gasteiger partial charge on any atom is -0.480 e. The number of aliphatic carboxylic acids is 1. The lowest BCUT2D eigenvalue weighted by molar-refractivity contribution is -0.141. The minimum absolute atomic E-state index is 0.0796. The molecule has 1 aromatic carbocycles. The monoisotopic (exact) mass is 472 g/mol. The number of benzene rings is 1. The Morgan fingerprint density at radius 3 is 2.32 bits per heavy atom. The number of nitrogens with two attached hydrogens (primary N) is 1. The molecule has 0 aliphatic heterocycles. The van der Waals surface area contributed by atoms with Gasteiger partial charge in [0.15, 0.2) is 0 Å². The number of amides is 3. The highest BCUT2D eigenvalue weighted by Crippen LogP contribution is 2.07. The molecule has 0 bridgehead atoms. The van der Waals surface area contributed by atoms with Gasteiger partial charge in [0.1, 0.15) is 12.1 Å². The predicted octanol–water partition coefficient (Wildman–Crippen LogP) is -0.261. The molecule has 1 aromatic heterocycles. The van der Waals surface area contributed by atoms with E-state index in [1.165, 1.54) is 6.33 Å². The second kappa shape index (κ2) is 13.1. The Bertz CT molecular complexity index is 948. The van der Waals surface area contributed by atoms with Crippen molar-refractivity contribution in [3.63, 3.8) is 0 Å². The van der Waals surface area contributed by atoms with Crippen molar-refractivity contribution in [2.45, 2.75) is 51.2 Å². The summed E-state index contributed by atoms with van der Waals surface area (Å²) in [5.41, 5.74) is 7.39. The number of H-pyrrole nitrogens is 1. The van der Waals surface area contributed by atoms with Gasteiger partial charge in [-0.25, -0.2) is 9.78 Å². The minimum atomic E-state index is -1.18. The number of hydrogen-bond acceptors (Lipinski definition) is 6. The molecule has 0 saturated carbocycles. The smallest absolute Gasteiger partial charge is 0.326 e. The Kier molecular flexibility index (Phi) is 10.2. The third kappa shape index (κ3) is 9.02. The zero-order valence-electron chi connectivity index (χ0n) is 19.3. The maximum absolute atomic E-state index is 12.7. The lowest BCUT2D eigenvalue weighted by atomic mass is 10.0. The maximum atomic E-state index is 12.7. The summed E-state index contributed by atoms with van der Waals surface area (Å²) in [4.78, 5) is 55.8. The summed E-state index contributed by atoms with van der Waals surface area (Å²) >= 11 is 0. The summed E-state index contributed by atoms with van der Waals surface area (Å²) in [6.07, 6.45) is 3.71. The average Bonchev–Trinajstić information content (AvgIpc) is 3.29. The number of carboxylic acid groups (broad SMARTS) is 1. The molecule has 1 heterocycles. The number of imidazole rings is 1. The first-order valence-electron chi connectivity index (χ1n) is 11.0. The number of rotatable bonds is 13. The van der Waals surface area contributed by atoms with E-state index in [1.54, 1.807) is 30.5 Å². The van der Waals surface area contributed by atoms with Crippen LogP contribution in [0.5, 0.6) is 0 Å². The van der Waals surface area contributed by atoms with Gasteiger partial charge in [-0.15, -0.1) is 0 Å². The molecule has 0 spiro atoms. The molecule has 0 radical (unpaired) electrons. The van der Waals surface area contributed by atoms with Gasteiger partial charge in [0.05, 0.1) is 18.9 Å². The summed E-state index contributed by atoms with van der Waals surface area (Å²) in [5.74, 6) is -2.81. The zero-order chi connectivity index (χ0) is 25.1. The predicted molar refractivity (Wildman–Crippen MR) is 124 cm³/mol. The van der Waals surface area contributed by atoms with Crippen LogP contribution in [0.3, 0.4) is 0 Å². The highest BCUT2D eigenvalue weighted by molar-refractivity contribution is 5.92. The van der Waals surface area contributed by atoms with E-state index in [0.717, 1.165) is 5.56 Å². The van der Waals surface area contributed by atoms with Gasteiger partial charge in [-0.1, -0.05) is 44.2 Å². The quantitative estimate of drug-likeness (QED) is 0.232. The summed E-state index contributed by atoms with van der Waals surface area (Å²) in [7, 11) is 0. The highest BCUT2D eigenvalue weighted by Gasteiger charge is 2.26. The van der Waals surface area contributed by atoms with E-state index < -0.39 is 48.4 Å². The SMILES string of the molecule is CC(C)CC(NC(=O)C(N)Cc1cnc[nH]1)C(=O)NCC(=O)NC(Cc1ccccc1)C(=O)O. The second-order valence-corrected chi connectivity index (χ2v) is 8.44. The molecule has 7 N–H and O–H groups in total. The van der Waals surface area contributed by atoms with Gasteiger partial charge < -0.3 is 31.8 Å². The number of carbonyl (C=O) groups excluding carboxylic acids is 3. The van der Waals surface area contributed by atoms with E-state index in [-0.39, 0.29) is 18.8 Å². The Balaban J connectivity index is 1.90. The van der Waals surface area contributed by atoms with Crippen LogP contribution >= 0.6 is 0 Å². The third-order valence-electron chi connectivity index (χ3n) is 5.01. The molecule has 11 heteroatoms. The van der Waals surface area contributed by atoms with Crippen molar-refractivity contribution in [1.29, 1.82) is 0 Å². The van der Waals surface area contributed by atoms with Crippen molar-refractivity contribution < 1.29 is 24.3 Å². The fraction of sp³-hybridized carbons (Fsp3) is 0.435. The van der Waals surface area contributed by atoms with Gasteiger partial charge in [0.25, 0.3) is 0 Å². The number of nitrogens with one attached hydrogen (secondary N) is 4. The number of aromatic nitrogens is 2. The molecular weight excluding hydrogens is 440 g/mol. The maximum Gasteiger partial charge on any atom is 0.326 e. The summed E-state index contributed by atoms with van der Waals surface area (Å²) in [5, 5.41) is 16.9. The Morgan fingerprint density at radius 1 is 1.03 bits per heavy atom. The van der Waals surface area contributed by atoms with Crippen LogP contribution in [0.4, 0.5) is 0 Å². The molecule has 2 rings (SSSR count). The highest BCUT2D eigenvalue weighted by atomic mass is 16.4. The molecule has 3 atom stereocenters. The number of nitrogens with zero attached hydrogens (tertiary/aromatic N) is 1. The van der Waals surface area contributed by atoms with Crippen LogP contribution in [0, 0.1) is 5.92 Å². The second-order valence-electron chi connectivity index (χ2n) is 8.44. The molecule has 3 amide bonds. The molecule has 0 aliphatic carbocycles. The van der Waals surface area contributed by atoms with Gasteiger partial charge in [-0.3, -0.25) is 14.4 Å². The summed E-state index contributed by atoms with van der Waals surface area (Å²) < 4.78 is 0. The average molecular weight is 473 g/mol. The number of carbonyl (C=O) groups is 4. The fourth-order valence-electron chi connectivity index (χ4n) is 3.29. The topological polar surface area (TPSA) is 179 Å². The van der Waals surface area contributed by atoms with Gasteiger partial charge in [0, 0.05) is 24.7 Å².